The maximum absolute atomic E-state index is 5.53. The molecule has 0 N–H and O–H groups in total. The zero-order valence-corrected chi connectivity index (χ0v) is 14.2. The first-order valence-corrected chi connectivity index (χ1v) is 8.64. The van der Waals surface area contributed by atoms with Crippen molar-refractivity contribution in [1.82, 2.24) is 24.3 Å². The molecule has 0 bridgehead atoms. The molecule has 23 heavy (non-hydrogen) atoms. The number of rotatable bonds is 7. The van der Waals surface area contributed by atoms with Crippen molar-refractivity contribution in [3.63, 3.8) is 0 Å². The topological polar surface area (TPSA) is 46.4 Å². The Morgan fingerprint density at radius 3 is 2.65 bits per heavy atom. The van der Waals surface area contributed by atoms with Gasteiger partial charge in [0.05, 0.1) is 13.2 Å². The highest BCUT2D eigenvalue weighted by atomic mass is 16.5. The normalized spacial score (nSPS) is 17.1. The van der Waals surface area contributed by atoms with Gasteiger partial charge >= 0.3 is 0 Å². The van der Waals surface area contributed by atoms with E-state index < -0.39 is 0 Å². The second-order valence-corrected chi connectivity index (χ2v) is 5.93. The minimum atomic E-state index is 0.704. The van der Waals surface area contributed by atoms with Crippen LogP contribution in [0.4, 0.5) is 0 Å². The van der Waals surface area contributed by atoms with E-state index in [0.29, 0.717) is 6.61 Å². The van der Waals surface area contributed by atoms with E-state index >= 15 is 0 Å². The van der Waals surface area contributed by atoms with E-state index in [2.05, 4.69) is 26.3 Å². The minimum Gasteiger partial charge on any atom is -0.380 e. The van der Waals surface area contributed by atoms with Crippen molar-refractivity contribution in [2.45, 2.75) is 26.9 Å². The number of hydrogen-bond donors (Lipinski definition) is 0. The van der Waals surface area contributed by atoms with Crippen molar-refractivity contribution in [1.29, 1.82) is 0 Å². The highest BCUT2D eigenvalue weighted by Crippen LogP contribution is 2.16. The van der Waals surface area contributed by atoms with Crippen LogP contribution in [0.2, 0.25) is 0 Å². The molecule has 3 heterocycles. The van der Waals surface area contributed by atoms with Crippen LogP contribution in [0, 0.1) is 0 Å². The Morgan fingerprint density at radius 1 is 1.13 bits per heavy atom. The highest BCUT2D eigenvalue weighted by Gasteiger charge is 2.19. The molecule has 0 amide bonds. The van der Waals surface area contributed by atoms with Gasteiger partial charge in [-0.1, -0.05) is 6.92 Å². The molecular formula is C17H27N5O. The highest BCUT2D eigenvalue weighted by molar-refractivity contribution is 5.71. The SMILES string of the molecule is CCOCCn1c(CN2CCN(CC)CC2)nc2cccnc21. The van der Waals surface area contributed by atoms with Gasteiger partial charge in [0, 0.05) is 45.5 Å². The third-order valence-electron chi connectivity index (χ3n) is 4.52. The quantitative estimate of drug-likeness (QED) is 0.726. The Labute approximate surface area is 138 Å². The number of likely N-dealkylation sites (N-methyl/N-ethyl adjacent to an activating group) is 1. The lowest BCUT2D eigenvalue weighted by atomic mass is 10.3. The number of fused-ring (bicyclic) bond motifs is 1. The number of imidazole rings is 1. The summed E-state index contributed by atoms with van der Waals surface area (Å²) in [4.78, 5) is 14.3. The molecule has 0 aliphatic carbocycles. The van der Waals surface area contributed by atoms with Gasteiger partial charge in [-0.25, -0.2) is 9.97 Å². The molecule has 0 aromatic carbocycles. The van der Waals surface area contributed by atoms with Gasteiger partial charge in [0.2, 0.25) is 0 Å². The molecule has 1 saturated heterocycles. The maximum atomic E-state index is 5.53. The molecule has 0 atom stereocenters. The fraction of sp³-hybridized carbons (Fsp3) is 0.647. The lowest BCUT2D eigenvalue weighted by Crippen LogP contribution is -2.45. The van der Waals surface area contributed by atoms with E-state index in [1.165, 1.54) is 0 Å². The summed E-state index contributed by atoms with van der Waals surface area (Å²) in [6.45, 7) is 13.1. The first-order chi connectivity index (χ1) is 11.3. The Morgan fingerprint density at radius 2 is 1.91 bits per heavy atom. The molecule has 6 nitrogen and oxygen atoms in total. The van der Waals surface area contributed by atoms with Crippen molar-refractivity contribution in [2.24, 2.45) is 0 Å². The smallest absolute Gasteiger partial charge is 0.160 e. The van der Waals surface area contributed by atoms with Crippen LogP contribution >= 0.6 is 0 Å². The second-order valence-electron chi connectivity index (χ2n) is 5.93. The monoisotopic (exact) mass is 317 g/mol. The third kappa shape index (κ3) is 3.88. The van der Waals surface area contributed by atoms with E-state index in [0.717, 1.165) is 69.4 Å². The molecule has 1 aliphatic heterocycles. The Hall–Kier alpha value is -1.50. The molecule has 2 aromatic heterocycles. The van der Waals surface area contributed by atoms with Crippen molar-refractivity contribution < 1.29 is 4.74 Å². The predicted molar refractivity (Wildman–Crippen MR) is 91.4 cm³/mol. The maximum Gasteiger partial charge on any atom is 0.160 e. The Kier molecular flexibility index (Phi) is 5.59. The van der Waals surface area contributed by atoms with Gasteiger partial charge in [-0.05, 0) is 25.6 Å². The van der Waals surface area contributed by atoms with Crippen LogP contribution in [-0.4, -0.2) is 70.3 Å². The molecular weight excluding hydrogens is 290 g/mol. The fourth-order valence-corrected chi connectivity index (χ4v) is 3.12. The van der Waals surface area contributed by atoms with E-state index in [9.17, 15) is 0 Å². The van der Waals surface area contributed by atoms with Gasteiger partial charge in [-0.2, -0.15) is 0 Å². The molecule has 0 saturated carbocycles. The Balaban J connectivity index is 1.75. The van der Waals surface area contributed by atoms with Crippen LogP contribution in [0.3, 0.4) is 0 Å². The van der Waals surface area contributed by atoms with E-state index in [-0.39, 0.29) is 0 Å². The molecule has 0 radical (unpaired) electrons. The third-order valence-corrected chi connectivity index (χ3v) is 4.52. The van der Waals surface area contributed by atoms with Crippen LogP contribution in [0.5, 0.6) is 0 Å². The van der Waals surface area contributed by atoms with Gasteiger partial charge in [-0.3, -0.25) is 4.90 Å². The molecule has 0 spiro atoms. The molecule has 1 fully saturated rings. The molecule has 6 heteroatoms. The number of aromatic nitrogens is 3. The van der Waals surface area contributed by atoms with Crippen molar-refractivity contribution >= 4 is 11.2 Å². The van der Waals surface area contributed by atoms with Gasteiger partial charge in [-0.15, -0.1) is 0 Å². The molecule has 126 valence electrons. The molecule has 0 unspecified atom stereocenters. The summed E-state index contributed by atoms with van der Waals surface area (Å²) < 4.78 is 7.75. The summed E-state index contributed by atoms with van der Waals surface area (Å²) in [7, 11) is 0. The number of piperazine rings is 1. The van der Waals surface area contributed by atoms with Crippen LogP contribution in [-0.2, 0) is 17.8 Å². The fourth-order valence-electron chi connectivity index (χ4n) is 3.12. The van der Waals surface area contributed by atoms with Crippen molar-refractivity contribution in [2.75, 3.05) is 45.9 Å². The van der Waals surface area contributed by atoms with Gasteiger partial charge < -0.3 is 14.2 Å². The molecule has 2 aromatic rings. The summed E-state index contributed by atoms with van der Waals surface area (Å²) in [6, 6.07) is 3.99. The number of pyridine rings is 1. The number of hydrogen-bond acceptors (Lipinski definition) is 5. The second kappa shape index (κ2) is 7.86. The zero-order chi connectivity index (χ0) is 16.1. The van der Waals surface area contributed by atoms with Crippen LogP contribution in [0.1, 0.15) is 19.7 Å². The average Bonchev–Trinajstić information content (AvgIpc) is 2.93. The van der Waals surface area contributed by atoms with Crippen molar-refractivity contribution in [3.05, 3.63) is 24.2 Å². The van der Waals surface area contributed by atoms with E-state index in [1.807, 2.05) is 25.3 Å². The van der Waals surface area contributed by atoms with E-state index in [4.69, 9.17) is 9.72 Å². The lowest BCUT2D eigenvalue weighted by molar-refractivity contribution is 0.123. The summed E-state index contributed by atoms with van der Waals surface area (Å²) in [5, 5.41) is 0. The standard InChI is InChI=1S/C17H27N5O/c1-3-20-8-10-21(11-9-20)14-16-19-15-6-5-7-18-17(15)22(16)12-13-23-4-2/h5-7H,3-4,8-14H2,1-2H3. The zero-order valence-electron chi connectivity index (χ0n) is 14.2. The van der Waals surface area contributed by atoms with Crippen LogP contribution in [0.25, 0.3) is 11.2 Å². The lowest BCUT2D eigenvalue weighted by Gasteiger charge is -2.33. The largest absolute Gasteiger partial charge is 0.380 e. The Bertz CT molecular complexity index is 618. The van der Waals surface area contributed by atoms with Crippen LogP contribution < -0.4 is 0 Å². The van der Waals surface area contributed by atoms with E-state index in [1.54, 1.807) is 0 Å². The molecule has 3 rings (SSSR count). The predicted octanol–water partition coefficient (Wildman–Crippen LogP) is 1.61. The van der Waals surface area contributed by atoms with Gasteiger partial charge in [0.1, 0.15) is 11.3 Å². The summed E-state index contributed by atoms with van der Waals surface area (Å²) in [5.41, 5.74) is 1.94. The first kappa shape index (κ1) is 16.4. The minimum absolute atomic E-state index is 0.704. The number of ether oxygens (including phenoxy) is 1. The average molecular weight is 317 g/mol. The number of nitrogens with zero attached hydrogens (tertiary/aromatic N) is 5. The van der Waals surface area contributed by atoms with Crippen molar-refractivity contribution in [3.8, 4) is 0 Å². The van der Waals surface area contributed by atoms with Gasteiger partial charge in [0.25, 0.3) is 0 Å². The van der Waals surface area contributed by atoms with Gasteiger partial charge in [0.15, 0.2) is 5.65 Å². The summed E-state index contributed by atoms with van der Waals surface area (Å²) >= 11 is 0. The molecule has 1 aliphatic rings. The summed E-state index contributed by atoms with van der Waals surface area (Å²) in [6.07, 6.45) is 1.84. The first-order valence-electron chi connectivity index (χ1n) is 8.64. The summed E-state index contributed by atoms with van der Waals surface area (Å²) in [5.74, 6) is 1.10. The van der Waals surface area contributed by atoms with Crippen LogP contribution in [0.15, 0.2) is 18.3 Å².